The number of nitrogens with one attached hydrogen (secondary N) is 1. The van der Waals surface area contributed by atoms with Crippen LogP contribution in [0.1, 0.15) is 22.2 Å². The third kappa shape index (κ3) is 2.10. The van der Waals surface area contributed by atoms with E-state index in [-0.39, 0.29) is 6.04 Å². The molecule has 0 spiro atoms. The number of hydrogen-bond donors (Lipinski definition) is 2. The van der Waals surface area contributed by atoms with E-state index in [2.05, 4.69) is 48.1 Å². The second-order valence-corrected chi connectivity index (χ2v) is 7.10. The molecule has 0 saturated carbocycles. The Morgan fingerprint density at radius 2 is 2.10 bits per heavy atom. The van der Waals surface area contributed by atoms with Gasteiger partial charge in [0.25, 0.3) is 0 Å². The molecule has 3 nitrogen and oxygen atoms in total. The Morgan fingerprint density at radius 1 is 1.19 bits per heavy atom. The summed E-state index contributed by atoms with van der Waals surface area (Å²) in [4.78, 5) is 1.18. The summed E-state index contributed by atoms with van der Waals surface area (Å²) in [5.41, 5.74) is 4.96. The average Bonchev–Trinajstić information content (AvgIpc) is 3.13. The fraction of sp³-hybridized carbons (Fsp3) is 0.125. The first-order chi connectivity index (χ1) is 10.3. The van der Waals surface area contributed by atoms with Crippen molar-refractivity contribution in [3.8, 4) is 0 Å². The fourth-order valence-corrected chi connectivity index (χ4v) is 4.79. The van der Waals surface area contributed by atoms with Gasteiger partial charge >= 0.3 is 0 Å². The molecule has 106 valence electrons. The minimum absolute atomic E-state index is 0.110. The van der Waals surface area contributed by atoms with Crippen LogP contribution in [0.2, 0.25) is 0 Å². The topological polar surface area (TPSA) is 51.2 Å². The molecule has 21 heavy (non-hydrogen) atoms. The molecule has 3 N–H and O–H groups in total. The van der Waals surface area contributed by atoms with Crippen molar-refractivity contribution in [1.82, 2.24) is 5.43 Å². The third-order valence-corrected chi connectivity index (χ3v) is 5.81. The molecule has 0 aliphatic rings. The van der Waals surface area contributed by atoms with Gasteiger partial charge in [0.2, 0.25) is 0 Å². The van der Waals surface area contributed by atoms with Crippen LogP contribution in [-0.2, 0) is 0 Å². The van der Waals surface area contributed by atoms with E-state index in [1.807, 2.05) is 6.07 Å². The summed E-state index contributed by atoms with van der Waals surface area (Å²) in [7, 11) is 0. The minimum Gasteiger partial charge on any atom is -0.459 e. The Kier molecular flexibility index (Phi) is 3.08. The molecule has 0 fully saturated rings. The van der Waals surface area contributed by atoms with Crippen molar-refractivity contribution in [2.24, 2.45) is 5.84 Å². The summed E-state index contributed by atoms with van der Waals surface area (Å²) in [6, 6.07) is 12.5. The molecule has 0 bridgehead atoms. The Balaban J connectivity index is 1.83. The van der Waals surface area contributed by atoms with Crippen LogP contribution >= 0.6 is 22.7 Å². The fourth-order valence-electron chi connectivity index (χ4n) is 2.60. The largest absolute Gasteiger partial charge is 0.459 e. The number of thiophene rings is 2. The van der Waals surface area contributed by atoms with Crippen molar-refractivity contribution in [3.63, 3.8) is 0 Å². The van der Waals surface area contributed by atoms with Crippen LogP contribution in [0.4, 0.5) is 0 Å². The smallest absolute Gasteiger partial charge is 0.137 e. The molecular weight excluding hydrogens is 300 g/mol. The number of aryl methyl sites for hydroxylation is 1. The lowest BCUT2D eigenvalue weighted by Crippen LogP contribution is -2.27. The van der Waals surface area contributed by atoms with Gasteiger partial charge in [0, 0.05) is 19.7 Å². The lowest BCUT2D eigenvalue weighted by Gasteiger charge is -2.10. The third-order valence-electron chi connectivity index (χ3n) is 3.65. The predicted octanol–water partition coefficient (Wildman–Crippen LogP) is 4.57. The van der Waals surface area contributed by atoms with E-state index in [1.165, 1.54) is 14.3 Å². The molecule has 1 unspecified atom stereocenters. The average molecular weight is 314 g/mol. The van der Waals surface area contributed by atoms with Gasteiger partial charge in [0.05, 0.1) is 0 Å². The molecule has 4 rings (SSSR count). The van der Waals surface area contributed by atoms with Crippen molar-refractivity contribution in [2.45, 2.75) is 13.0 Å². The number of rotatable bonds is 3. The number of para-hydroxylation sites is 1. The predicted molar refractivity (Wildman–Crippen MR) is 89.8 cm³/mol. The summed E-state index contributed by atoms with van der Waals surface area (Å²) >= 11 is 3.50. The maximum atomic E-state index is 6.05. The second-order valence-electron chi connectivity index (χ2n) is 5.04. The first-order valence-corrected chi connectivity index (χ1v) is 8.38. The van der Waals surface area contributed by atoms with Crippen molar-refractivity contribution in [1.29, 1.82) is 0 Å². The molecule has 3 aromatic heterocycles. The maximum absolute atomic E-state index is 6.05. The Labute approximate surface area is 130 Å². The second kappa shape index (κ2) is 4.96. The first kappa shape index (κ1) is 13.0. The highest BCUT2D eigenvalue weighted by molar-refractivity contribution is 7.27. The van der Waals surface area contributed by atoms with Crippen LogP contribution in [0.25, 0.3) is 20.4 Å². The van der Waals surface area contributed by atoms with Gasteiger partial charge in [-0.2, -0.15) is 0 Å². The SMILES string of the molecule is Cc1cccc2cc(C(NN)c3cc4sccc4s3)oc12. The highest BCUT2D eigenvalue weighted by Crippen LogP contribution is 2.37. The lowest BCUT2D eigenvalue weighted by atomic mass is 10.1. The van der Waals surface area contributed by atoms with Crippen LogP contribution in [0.15, 0.2) is 46.2 Å². The molecule has 0 saturated heterocycles. The molecule has 0 radical (unpaired) electrons. The van der Waals surface area contributed by atoms with E-state index in [0.717, 1.165) is 22.3 Å². The van der Waals surface area contributed by atoms with Gasteiger partial charge in [-0.3, -0.25) is 5.84 Å². The van der Waals surface area contributed by atoms with Gasteiger partial charge in [-0.1, -0.05) is 18.2 Å². The normalized spacial score (nSPS) is 13.2. The van der Waals surface area contributed by atoms with Gasteiger partial charge < -0.3 is 4.42 Å². The summed E-state index contributed by atoms with van der Waals surface area (Å²) in [5, 5.41) is 3.23. The number of nitrogens with two attached hydrogens (primary N) is 1. The summed E-state index contributed by atoms with van der Waals surface area (Å²) < 4.78 is 8.63. The molecule has 1 atom stereocenters. The van der Waals surface area contributed by atoms with E-state index in [9.17, 15) is 0 Å². The zero-order chi connectivity index (χ0) is 14.4. The Bertz CT molecular complexity index is 890. The molecular formula is C16H14N2OS2. The van der Waals surface area contributed by atoms with Crippen LogP contribution in [0, 0.1) is 6.92 Å². The molecule has 4 aromatic rings. The molecule has 3 heterocycles. The highest BCUT2D eigenvalue weighted by Gasteiger charge is 2.20. The lowest BCUT2D eigenvalue weighted by molar-refractivity contribution is 0.480. The molecule has 0 aliphatic carbocycles. The van der Waals surface area contributed by atoms with E-state index in [1.54, 1.807) is 22.7 Å². The standard InChI is InChI=1S/C16H14N2OS2/c1-9-3-2-4-10-7-11(19-16(9)10)15(18-17)14-8-13-12(21-14)5-6-20-13/h2-8,15,18H,17H2,1H3. The van der Waals surface area contributed by atoms with Gasteiger partial charge in [-0.25, -0.2) is 5.43 Å². The van der Waals surface area contributed by atoms with E-state index < -0.39 is 0 Å². The minimum atomic E-state index is -0.110. The van der Waals surface area contributed by atoms with Crippen molar-refractivity contribution in [2.75, 3.05) is 0 Å². The first-order valence-electron chi connectivity index (χ1n) is 6.68. The van der Waals surface area contributed by atoms with Gasteiger partial charge in [0.1, 0.15) is 17.4 Å². The molecule has 0 amide bonds. The molecule has 0 aliphatic heterocycles. The van der Waals surface area contributed by atoms with Crippen LogP contribution in [0.5, 0.6) is 0 Å². The van der Waals surface area contributed by atoms with Crippen molar-refractivity contribution >= 4 is 43.0 Å². The summed E-state index contributed by atoms with van der Waals surface area (Å²) in [6.07, 6.45) is 0. The van der Waals surface area contributed by atoms with Crippen molar-refractivity contribution in [3.05, 3.63) is 58.0 Å². The molecule has 5 heteroatoms. The van der Waals surface area contributed by atoms with Crippen LogP contribution < -0.4 is 11.3 Å². The van der Waals surface area contributed by atoms with Gasteiger partial charge in [-0.05, 0) is 36.1 Å². The van der Waals surface area contributed by atoms with Crippen LogP contribution in [-0.4, -0.2) is 0 Å². The van der Waals surface area contributed by atoms with Crippen LogP contribution in [0.3, 0.4) is 0 Å². The zero-order valence-corrected chi connectivity index (χ0v) is 13.1. The van der Waals surface area contributed by atoms with E-state index in [0.29, 0.717) is 0 Å². The summed E-state index contributed by atoms with van der Waals surface area (Å²) in [6.45, 7) is 2.06. The monoisotopic (exact) mass is 314 g/mol. The van der Waals surface area contributed by atoms with E-state index in [4.69, 9.17) is 10.3 Å². The summed E-state index contributed by atoms with van der Waals surface area (Å²) in [5.74, 6) is 6.64. The highest BCUT2D eigenvalue weighted by atomic mass is 32.1. The zero-order valence-electron chi connectivity index (χ0n) is 11.4. The quantitative estimate of drug-likeness (QED) is 0.430. The maximum Gasteiger partial charge on any atom is 0.137 e. The number of hydrogen-bond acceptors (Lipinski definition) is 5. The van der Waals surface area contributed by atoms with Crippen molar-refractivity contribution < 1.29 is 4.42 Å². The van der Waals surface area contributed by atoms with Gasteiger partial charge in [-0.15, -0.1) is 22.7 Å². The number of benzene rings is 1. The Hall–Kier alpha value is -1.66. The Morgan fingerprint density at radius 3 is 2.86 bits per heavy atom. The molecule has 1 aromatic carbocycles. The van der Waals surface area contributed by atoms with E-state index >= 15 is 0 Å². The van der Waals surface area contributed by atoms with Gasteiger partial charge in [0.15, 0.2) is 0 Å². The number of furan rings is 1. The number of hydrazine groups is 1. The number of fused-ring (bicyclic) bond motifs is 2.